The maximum atomic E-state index is 4.50. The van der Waals surface area contributed by atoms with E-state index in [4.69, 9.17) is 0 Å². The Labute approximate surface area is 69.9 Å². The molecule has 0 unspecified atom stereocenters. The fourth-order valence-electron chi connectivity index (χ4n) is 1.42. The maximum Gasteiger partial charge on any atom is 0.156 e. The van der Waals surface area contributed by atoms with E-state index in [2.05, 4.69) is 15.0 Å². The van der Waals surface area contributed by atoms with E-state index in [1.165, 1.54) is 12.8 Å². The first-order valence-electron chi connectivity index (χ1n) is 4.23. The highest BCUT2D eigenvalue weighted by Crippen LogP contribution is 2.38. The van der Waals surface area contributed by atoms with Crippen molar-refractivity contribution in [3.63, 3.8) is 0 Å². The third kappa shape index (κ3) is 0.826. The fourth-order valence-corrected chi connectivity index (χ4v) is 1.42. The van der Waals surface area contributed by atoms with Crippen LogP contribution in [0.15, 0.2) is 18.5 Å². The van der Waals surface area contributed by atoms with Crippen LogP contribution < -0.4 is 0 Å². The largest absolute Gasteiger partial charge is 0.345 e. The summed E-state index contributed by atoms with van der Waals surface area (Å²) in [7, 11) is 0. The van der Waals surface area contributed by atoms with Crippen molar-refractivity contribution >= 4 is 11.2 Å². The molecule has 3 nitrogen and oxygen atoms in total. The van der Waals surface area contributed by atoms with Gasteiger partial charge in [-0.3, -0.25) is 0 Å². The summed E-state index contributed by atoms with van der Waals surface area (Å²) in [6.45, 7) is 0. The summed E-state index contributed by atoms with van der Waals surface area (Å²) in [5.41, 5.74) is 3.03. The lowest BCUT2D eigenvalue weighted by Crippen LogP contribution is -1.88. The second kappa shape index (κ2) is 2.06. The van der Waals surface area contributed by atoms with Crippen LogP contribution in [0.5, 0.6) is 0 Å². The fraction of sp³-hybridized carbons (Fsp3) is 0.333. The monoisotopic (exact) mass is 159 g/mol. The summed E-state index contributed by atoms with van der Waals surface area (Å²) in [4.78, 5) is 11.8. The first-order valence-corrected chi connectivity index (χ1v) is 4.23. The van der Waals surface area contributed by atoms with Gasteiger partial charge in [0, 0.05) is 12.1 Å². The Kier molecular flexibility index (Phi) is 1.06. The number of aromatic nitrogens is 3. The molecule has 1 saturated carbocycles. The van der Waals surface area contributed by atoms with Gasteiger partial charge in [0.15, 0.2) is 5.65 Å². The lowest BCUT2D eigenvalue weighted by Gasteiger charge is -1.94. The molecule has 60 valence electrons. The van der Waals surface area contributed by atoms with Gasteiger partial charge in [0.05, 0.1) is 11.9 Å². The lowest BCUT2D eigenvalue weighted by atomic mass is 10.3. The van der Waals surface area contributed by atoms with E-state index in [-0.39, 0.29) is 0 Å². The SMILES string of the molecule is c1cc2nc(C3CC3)cnc2[nH]1. The summed E-state index contributed by atoms with van der Waals surface area (Å²) in [6, 6.07) is 1.97. The molecule has 0 radical (unpaired) electrons. The van der Waals surface area contributed by atoms with Crippen molar-refractivity contribution in [3.05, 3.63) is 24.2 Å². The van der Waals surface area contributed by atoms with Crippen molar-refractivity contribution in [2.24, 2.45) is 0 Å². The molecule has 3 heteroatoms. The minimum atomic E-state index is 0.691. The second-order valence-corrected chi connectivity index (χ2v) is 3.28. The van der Waals surface area contributed by atoms with Gasteiger partial charge in [-0.1, -0.05) is 0 Å². The number of H-pyrrole nitrogens is 1. The van der Waals surface area contributed by atoms with Crippen LogP contribution in [-0.4, -0.2) is 15.0 Å². The molecule has 1 aliphatic carbocycles. The van der Waals surface area contributed by atoms with Crippen molar-refractivity contribution < 1.29 is 0 Å². The smallest absolute Gasteiger partial charge is 0.156 e. The van der Waals surface area contributed by atoms with Crippen LogP contribution >= 0.6 is 0 Å². The number of aromatic amines is 1. The zero-order valence-corrected chi connectivity index (χ0v) is 6.62. The molecule has 0 aliphatic heterocycles. The predicted octanol–water partition coefficient (Wildman–Crippen LogP) is 1.84. The van der Waals surface area contributed by atoms with Gasteiger partial charge in [-0.25, -0.2) is 9.97 Å². The van der Waals surface area contributed by atoms with Gasteiger partial charge < -0.3 is 4.98 Å². The molecule has 12 heavy (non-hydrogen) atoms. The molecule has 0 amide bonds. The van der Waals surface area contributed by atoms with Crippen molar-refractivity contribution in [1.29, 1.82) is 0 Å². The van der Waals surface area contributed by atoms with Gasteiger partial charge in [-0.05, 0) is 18.9 Å². The minimum absolute atomic E-state index is 0.691. The Bertz CT molecular complexity index is 414. The van der Waals surface area contributed by atoms with Crippen LogP contribution in [0.4, 0.5) is 0 Å². The summed E-state index contributed by atoms with van der Waals surface area (Å²) in [6.07, 6.45) is 6.33. The first-order chi connectivity index (χ1) is 5.93. The number of hydrogen-bond donors (Lipinski definition) is 1. The number of rotatable bonds is 1. The molecule has 2 aromatic rings. The average molecular weight is 159 g/mol. The van der Waals surface area contributed by atoms with E-state index in [0.29, 0.717) is 5.92 Å². The van der Waals surface area contributed by atoms with Gasteiger partial charge in [-0.15, -0.1) is 0 Å². The summed E-state index contributed by atoms with van der Waals surface area (Å²) >= 11 is 0. The molecule has 0 saturated heterocycles. The van der Waals surface area contributed by atoms with Crippen molar-refractivity contribution in [1.82, 2.24) is 15.0 Å². The third-order valence-electron chi connectivity index (χ3n) is 2.27. The highest BCUT2D eigenvalue weighted by molar-refractivity contribution is 5.69. The Morgan fingerprint density at radius 3 is 3.17 bits per heavy atom. The van der Waals surface area contributed by atoms with Crippen LogP contribution in [0.2, 0.25) is 0 Å². The van der Waals surface area contributed by atoms with Gasteiger partial charge in [-0.2, -0.15) is 0 Å². The molecule has 1 fully saturated rings. The van der Waals surface area contributed by atoms with Gasteiger partial charge in [0.25, 0.3) is 0 Å². The van der Waals surface area contributed by atoms with E-state index in [1.54, 1.807) is 0 Å². The highest BCUT2D eigenvalue weighted by Gasteiger charge is 2.25. The molecule has 0 aromatic carbocycles. The first kappa shape index (κ1) is 6.17. The summed E-state index contributed by atoms with van der Waals surface area (Å²) in [5.74, 6) is 0.691. The van der Waals surface area contributed by atoms with E-state index in [9.17, 15) is 0 Å². The zero-order valence-electron chi connectivity index (χ0n) is 6.62. The topological polar surface area (TPSA) is 41.6 Å². The summed E-state index contributed by atoms with van der Waals surface area (Å²) in [5, 5.41) is 0. The van der Waals surface area contributed by atoms with Gasteiger partial charge >= 0.3 is 0 Å². The van der Waals surface area contributed by atoms with E-state index in [0.717, 1.165) is 16.9 Å². The molecular formula is C9H9N3. The van der Waals surface area contributed by atoms with Gasteiger partial charge in [0.2, 0.25) is 0 Å². The number of fused-ring (bicyclic) bond motifs is 1. The molecule has 0 bridgehead atoms. The number of nitrogens with zero attached hydrogens (tertiary/aromatic N) is 2. The molecule has 1 N–H and O–H groups in total. The molecule has 1 aliphatic rings. The summed E-state index contributed by atoms with van der Waals surface area (Å²) < 4.78 is 0. The Morgan fingerprint density at radius 1 is 1.42 bits per heavy atom. The van der Waals surface area contributed by atoms with E-state index >= 15 is 0 Å². The Morgan fingerprint density at radius 2 is 2.33 bits per heavy atom. The van der Waals surface area contributed by atoms with Crippen molar-refractivity contribution in [2.75, 3.05) is 0 Å². The van der Waals surface area contributed by atoms with Crippen LogP contribution in [0.1, 0.15) is 24.5 Å². The Balaban J connectivity index is 2.21. The normalized spacial score (nSPS) is 17.0. The molecule has 3 rings (SSSR count). The molecule has 2 heterocycles. The van der Waals surface area contributed by atoms with Crippen LogP contribution in [0.3, 0.4) is 0 Å². The second-order valence-electron chi connectivity index (χ2n) is 3.28. The van der Waals surface area contributed by atoms with E-state index in [1.807, 2.05) is 18.5 Å². The molecular weight excluding hydrogens is 150 g/mol. The predicted molar refractivity (Wildman–Crippen MR) is 45.9 cm³/mol. The van der Waals surface area contributed by atoms with Crippen LogP contribution in [0, 0.1) is 0 Å². The average Bonchev–Trinajstić information content (AvgIpc) is 2.84. The number of nitrogens with one attached hydrogen (secondary N) is 1. The van der Waals surface area contributed by atoms with Gasteiger partial charge in [0.1, 0.15) is 5.52 Å². The highest BCUT2D eigenvalue weighted by atomic mass is 14.9. The standard InChI is InChI=1S/C9H9N3/c1-2-6(1)8-5-11-9-7(12-8)3-4-10-9/h3-6H,1-2H2,(H,10,11). The molecule has 2 aromatic heterocycles. The van der Waals surface area contributed by atoms with Crippen LogP contribution in [-0.2, 0) is 0 Å². The zero-order chi connectivity index (χ0) is 7.97. The van der Waals surface area contributed by atoms with Crippen molar-refractivity contribution in [3.8, 4) is 0 Å². The van der Waals surface area contributed by atoms with Crippen molar-refractivity contribution in [2.45, 2.75) is 18.8 Å². The molecule has 0 atom stereocenters. The minimum Gasteiger partial charge on any atom is -0.345 e. The third-order valence-corrected chi connectivity index (χ3v) is 2.27. The number of hydrogen-bond acceptors (Lipinski definition) is 2. The lowest BCUT2D eigenvalue weighted by molar-refractivity contribution is 1.02. The van der Waals surface area contributed by atoms with Crippen LogP contribution in [0.25, 0.3) is 11.2 Å². The Hall–Kier alpha value is -1.38. The van der Waals surface area contributed by atoms with E-state index < -0.39 is 0 Å². The maximum absolute atomic E-state index is 4.50. The molecule has 0 spiro atoms. The quantitative estimate of drug-likeness (QED) is 0.689.